The minimum atomic E-state index is -0.0510. The summed E-state index contributed by atoms with van der Waals surface area (Å²) in [6.07, 6.45) is 4.72. The highest BCUT2D eigenvalue weighted by Crippen LogP contribution is 2.39. The summed E-state index contributed by atoms with van der Waals surface area (Å²) in [5, 5.41) is 12.8. The topological polar surface area (TPSA) is 87.5 Å². The van der Waals surface area contributed by atoms with E-state index in [1.165, 1.54) is 31.0 Å². The predicted octanol–water partition coefficient (Wildman–Crippen LogP) is 4.84. The van der Waals surface area contributed by atoms with Gasteiger partial charge in [-0.15, -0.1) is 10.2 Å². The molecule has 2 aliphatic rings. The summed E-state index contributed by atoms with van der Waals surface area (Å²) in [4.78, 5) is 12.7. The molecule has 0 unspecified atom stereocenters. The Bertz CT molecular complexity index is 1180. The molecule has 2 atom stereocenters. The largest absolute Gasteiger partial charge is 0.497 e. The van der Waals surface area contributed by atoms with Gasteiger partial charge >= 0.3 is 0 Å². The zero-order chi connectivity index (χ0) is 24.2. The highest BCUT2D eigenvalue weighted by atomic mass is 32.2. The molecule has 0 bridgehead atoms. The number of hydrogen-bond donors (Lipinski definition) is 1. The second kappa shape index (κ2) is 10.6. The number of methoxy groups -OCH3 is 1. The van der Waals surface area contributed by atoms with Crippen molar-refractivity contribution in [2.45, 2.75) is 50.4 Å². The van der Waals surface area contributed by atoms with Crippen molar-refractivity contribution in [2.24, 2.45) is 5.92 Å². The van der Waals surface area contributed by atoms with Crippen LogP contribution in [0.1, 0.15) is 44.2 Å². The lowest BCUT2D eigenvalue weighted by Crippen LogP contribution is -2.25. The Kier molecular flexibility index (Phi) is 7.13. The molecule has 9 heteroatoms. The minimum Gasteiger partial charge on any atom is -0.497 e. The average molecular weight is 495 g/mol. The molecule has 2 aromatic carbocycles. The second-order valence-electron chi connectivity index (χ2n) is 8.99. The van der Waals surface area contributed by atoms with Crippen molar-refractivity contribution in [3.05, 3.63) is 48.0 Å². The number of nitrogens with zero attached hydrogens (tertiary/aromatic N) is 3. The van der Waals surface area contributed by atoms with Gasteiger partial charge in [-0.1, -0.05) is 37.6 Å². The molecule has 1 N–H and O–H groups in total. The van der Waals surface area contributed by atoms with Crippen molar-refractivity contribution in [1.29, 1.82) is 0 Å². The monoisotopic (exact) mass is 494 g/mol. The number of nitrogens with one attached hydrogen (secondary N) is 1. The van der Waals surface area contributed by atoms with E-state index in [0.717, 1.165) is 40.0 Å². The lowest BCUT2D eigenvalue weighted by Gasteiger charge is -2.31. The van der Waals surface area contributed by atoms with E-state index in [4.69, 9.17) is 14.2 Å². The van der Waals surface area contributed by atoms with Crippen molar-refractivity contribution in [3.63, 3.8) is 0 Å². The molecule has 1 aromatic heterocycles. The van der Waals surface area contributed by atoms with Gasteiger partial charge in [-0.2, -0.15) is 0 Å². The molecule has 35 heavy (non-hydrogen) atoms. The fourth-order valence-electron chi connectivity index (χ4n) is 4.72. The minimum absolute atomic E-state index is 0.0510. The number of carbonyl (C=O) groups is 1. The van der Waals surface area contributed by atoms with E-state index in [9.17, 15) is 4.79 Å². The first-order valence-corrected chi connectivity index (χ1v) is 13.0. The lowest BCUT2D eigenvalue weighted by molar-refractivity contribution is -0.118. The number of benzene rings is 2. The Hall–Kier alpha value is -3.20. The van der Waals surface area contributed by atoms with E-state index in [-0.39, 0.29) is 18.5 Å². The van der Waals surface area contributed by atoms with Gasteiger partial charge in [0.15, 0.2) is 22.5 Å². The van der Waals surface area contributed by atoms with Crippen molar-refractivity contribution in [2.75, 3.05) is 19.7 Å². The molecular weight excluding hydrogens is 464 g/mol. The number of ether oxygens (including phenoxy) is 3. The van der Waals surface area contributed by atoms with Crippen molar-refractivity contribution in [1.82, 2.24) is 20.1 Å². The smallest absolute Gasteiger partial charge is 0.231 e. The number of aromatic nitrogens is 3. The summed E-state index contributed by atoms with van der Waals surface area (Å²) in [5.41, 5.74) is 1.96. The summed E-state index contributed by atoms with van der Waals surface area (Å²) in [7, 11) is 1.66. The van der Waals surface area contributed by atoms with E-state index < -0.39 is 0 Å². The van der Waals surface area contributed by atoms with E-state index in [1.807, 2.05) is 42.5 Å². The second-order valence-corrected chi connectivity index (χ2v) is 9.93. The van der Waals surface area contributed by atoms with Crippen LogP contribution in [0.4, 0.5) is 0 Å². The van der Waals surface area contributed by atoms with Crippen LogP contribution in [-0.4, -0.2) is 40.3 Å². The number of hydrogen-bond acceptors (Lipinski definition) is 7. The first-order valence-electron chi connectivity index (χ1n) is 12.0. The Balaban J connectivity index is 1.29. The fourth-order valence-corrected chi connectivity index (χ4v) is 5.55. The van der Waals surface area contributed by atoms with Crippen LogP contribution in [0, 0.1) is 5.92 Å². The molecule has 0 spiro atoms. The van der Waals surface area contributed by atoms with Crippen molar-refractivity contribution < 1.29 is 19.0 Å². The molecule has 1 saturated carbocycles. The van der Waals surface area contributed by atoms with Gasteiger partial charge in [-0.3, -0.25) is 9.36 Å². The van der Waals surface area contributed by atoms with Gasteiger partial charge in [0.05, 0.1) is 12.9 Å². The van der Waals surface area contributed by atoms with Gasteiger partial charge in [0.25, 0.3) is 0 Å². The third kappa shape index (κ3) is 5.24. The number of fused-ring (bicyclic) bond motifs is 1. The van der Waals surface area contributed by atoms with Crippen LogP contribution in [0.15, 0.2) is 47.6 Å². The zero-order valence-corrected chi connectivity index (χ0v) is 20.8. The zero-order valence-electron chi connectivity index (χ0n) is 20.0. The van der Waals surface area contributed by atoms with Gasteiger partial charge in [0.2, 0.25) is 12.7 Å². The van der Waals surface area contributed by atoms with Crippen LogP contribution in [0.2, 0.25) is 0 Å². The average Bonchev–Trinajstić information content (AvgIpc) is 3.53. The van der Waals surface area contributed by atoms with Crippen LogP contribution < -0.4 is 19.5 Å². The van der Waals surface area contributed by atoms with Crippen LogP contribution in [-0.2, 0) is 11.3 Å². The van der Waals surface area contributed by atoms with Gasteiger partial charge in [0.1, 0.15) is 5.75 Å². The molecule has 1 aliphatic carbocycles. The molecule has 2 heterocycles. The summed E-state index contributed by atoms with van der Waals surface area (Å²) in [6.45, 7) is 2.97. The van der Waals surface area contributed by atoms with E-state index >= 15 is 0 Å². The Morgan fingerprint density at radius 3 is 2.71 bits per heavy atom. The predicted molar refractivity (Wildman–Crippen MR) is 134 cm³/mol. The molecule has 1 fully saturated rings. The van der Waals surface area contributed by atoms with Crippen LogP contribution in [0.5, 0.6) is 17.2 Å². The first-order chi connectivity index (χ1) is 17.1. The van der Waals surface area contributed by atoms with E-state index in [2.05, 4.69) is 27.0 Å². The van der Waals surface area contributed by atoms with Crippen LogP contribution >= 0.6 is 11.8 Å². The van der Waals surface area contributed by atoms with Gasteiger partial charge in [-0.05, 0) is 60.7 Å². The number of thioether (sulfide) groups is 1. The maximum absolute atomic E-state index is 12.7. The van der Waals surface area contributed by atoms with Gasteiger partial charge < -0.3 is 19.5 Å². The Morgan fingerprint density at radius 2 is 1.91 bits per heavy atom. The number of rotatable bonds is 8. The lowest BCUT2D eigenvalue weighted by atomic mass is 9.85. The normalized spacial score (nSPS) is 18.9. The molecule has 1 amide bonds. The van der Waals surface area contributed by atoms with E-state index in [0.29, 0.717) is 24.3 Å². The summed E-state index contributed by atoms with van der Waals surface area (Å²) in [5.74, 6) is 3.84. The van der Waals surface area contributed by atoms with E-state index in [1.54, 1.807) is 7.11 Å². The van der Waals surface area contributed by atoms with Crippen LogP contribution in [0.25, 0.3) is 11.4 Å². The maximum atomic E-state index is 12.7. The van der Waals surface area contributed by atoms with Crippen molar-refractivity contribution >= 4 is 17.7 Å². The number of carbonyl (C=O) groups excluding carboxylic acids is 1. The highest BCUT2D eigenvalue weighted by molar-refractivity contribution is 7.99. The molecule has 0 radical (unpaired) electrons. The van der Waals surface area contributed by atoms with Crippen LogP contribution in [0.3, 0.4) is 0 Å². The fraction of sp³-hybridized carbons (Fsp3) is 0.423. The molecule has 184 valence electrons. The quantitative estimate of drug-likeness (QED) is 0.448. The highest BCUT2D eigenvalue weighted by Gasteiger charge is 2.29. The van der Waals surface area contributed by atoms with Gasteiger partial charge in [0, 0.05) is 18.2 Å². The molecule has 0 saturated heterocycles. The Morgan fingerprint density at radius 1 is 1.11 bits per heavy atom. The molecule has 1 aliphatic heterocycles. The SMILES string of the molecule is COc1ccc(-c2nnc(SCC(=O)NCc3ccc4c(c3)OCO4)n2[C@@H]2CCCC[C@H]2C)cc1. The van der Waals surface area contributed by atoms with Crippen molar-refractivity contribution in [3.8, 4) is 28.6 Å². The third-order valence-electron chi connectivity index (χ3n) is 6.67. The third-order valence-corrected chi connectivity index (χ3v) is 7.61. The summed E-state index contributed by atoms with van der Waals surface area (Å²) < 4.78 is 18.3. The van der Waals surface area contributed by atoms with Gasteiger partial charge in [-0.25, -0.2) is 0 Å². The Labute approximate surface area is 209 Å². The molecular formula is C26H30N4O4S. The maximum Gasteiger partial charge on any atom is 0.231 e. The molecule has 5 rings (SSSR count). The molecule has 8 nitrogen and oxygen atoms in total. The molecule has 3 aromatic rings. The number of amides is 1. The summed E-state index contributed by atoms with van der Waals surface area (Å²) >= 11 is 1.44. The first kappa shape index (κ1) is 23.5. The summed E-state index contributed by atoms with van der Waals surface area (Å²) in [6, 6.07) is 13.9. The standard InChI is InChI=1S/C26H30N4O4S/c1-17-5-3-4-6-21(17)30-25(19-8-10-20(32-2)11-9-19)28-29-26(30)35-15-24(31)27-14-18-7-12-22-23(13-18)34-16-33-22/h7-13,17,21H,3-6,14-16H2,1-2H3,(H,27,31)/t17-,21-/m1/s1.